The second kappa shape index (κ2) is 7.02. The third kappa shape index (κ3) is 3.00. The molecule has 8 nitrogen and oxygen atoms in total. The molecule has 2 N–H and O–H groups in total. The molecule has 0 saturated carbocycles. The van der Waals surface area contributed by atoms with E-state index < -0.39 is 15.8 Å². The summed E-state index contributed by atoms with van der Waals surface area (Å²) in [5.41, 5.74) is 1.12. The summed E-state index contributed by atoms with van der Waals surface area (Å²) < 4.78 is 24.4. The number of rotatable bonds is 5. The summed E-state index contributed by atoms with van der Waals surface area (Å²) in [6.45, 7) is 1.93. The van der Waals surface area contributed by atoms with Crippen LogP contribution in [-0.4, -0.2) is 38.7 Å². The molecule has 0 aliphatic heterocycles. The van der Waals surface area contributed by atoms with Gasteiger partial charge in [0.15, 0.2) is 5.75 Å². The summed E-state index contributed by atoms with van der Waals surface area (Å²) in [4.78, 5) is -0.304. The minimum atomic E-state index is -4.05. The van der Waals surface area contributed by atoms with Gasteiger partial charge in [-0.05, 0) is 18.1 Å². The zero-order chi connectivity index (χ0) is 17.9. The number of aryl methyl sites for hydroxylation is 1. The first-order chi connectivity index (χ1) is 11.4. The van der Waals surface area contributed by atoms with Crippen molar-refractivity contribution in [3.05, 3.63) is 23.8 Å². The summed E-state index contributed by atoms with van der Waals surface area (Å²) in [6.07, 6.45) is 0.656. The Morgan fingerprint density at radius 1 is 1.04 bits per heavy atom. The van der Waals surface area contributed by atoms with Crippen molar-refractivity contribution in [3.63, 3.8) is 0 Å². The van der Waals surface area contributed by atoms with E-state index in [1.54, 1.807) is 12.1 Å². The Bertz CT molecular complexity index is 936. The van der Waals surface area contributed by atoms with Crippen LogP contribution in [0.15, 0.2) is 43.6 Å². The lowest BCUT2D eigenvalue weighted by Gasteiger charge is -2.13. The molecule has 0 saturated heterocycles. The van der Waals surface area contributed by atoms with Gasteiger partial charge in [-0.25, -0.2) is 8.42 Å². The van der Waals surface area contributed by atoms with Crippen molar-refractivity contribution in [3.8, 4) is 5.75 Å². The number of phenolic OH excluding ortho intramolecular Hbond substituents is 1. The van der Waals surface area contributed by atoms with Crippen molar-refractivity contribution in [2.24, 2.45) is 20.5 Å². The predicted molar refractivity (Wildman–Crippen MR) is 90.1 cm³/mol. The molecule has 0 aliphatic rings. The van der Waals surface area contributed by atoms with Gasteiger partial charge in [-0.2, -0.15) is 20.5 Å². The lowest BCUT2D eigenvalue weighted by Crippen LogP contribution is -2.06. The van der Waals surface area contributed by atoms with Gasteiger partial charge in [-0.1, -0.05) is 19.1 Å². The van der Waals surface area contributed by atoms with Crippen LogP contribution in [0.1, 0.15) is 12.5 Å². The van der Waals surface area contributed by atoms with Crippen molar-refractivity contribution in [2.75, 3.05) is 20.0 Å². The van der Waals surface area contributed by atoms with E-state index in [2.05, 4.69) is 20.5 Å². The molecule has 2 aromatic rings. The number of benzene rings is 2. The van der Waals surface area contributed by atoms with E-state index in [1.165, 1.54) is 20.2 Å². The first-order valence-electron chi connectivity index (χ1n) is 7.16. The Labute approximate surface area is 139 Å². The van der Waals surface area contributed by atoms with Crippen LogP contribution in [0.3, 0.4) is 0 Å². The van der Waals surface area contributed by atoms with Gasteiger partial charge in [0.05, 0.1) is 5.69 Å². The minimum Gasteiger partial charge on any atom is -0.505 e. The number of aliphatic hydroxyl groups excluding tert-OH is 1. The summed E-state index contributed by atoms with van der Waals surface area (Å²) >= 11 is 0. The normalized spacial score (nSPS) is 12.7. The highest BCUT2D eigenvalue weighted by Crippen LogP contribution is 2.44. The Hall–Kier alpha value is -2.39. The molecule has 0 spiro atoms. The molecule has 9 heteroatoms. The SMILES string of the molecule is CCc1ccc2c(O)c(N=NC)c(S(=O)(=O)CO)cc2c1N=NC. The molecule has 0 aliphatic carbocycles. The van der Waals surface area contributed by atoms with Crippen molar-refractivity contribution in [1.29, 1.82) is 0 Å². The smallest absolute Gasteiger partial charge is 0.204 e. The Morgan fingerprint density at radius 2 is 1.67 bits per heavy atom. The van der Waals surface area contributed by atoms with E-state index in [4.69, 9.17) is 0 Å². The van der Waals surface area contributed by atoms with Gasteiger partial charge in [0.1, 0.15) is 16.5 Å². The van der Waals surface area contributed by atoms with E-state index in [9.17, 15) is 18.6 Å². The molecule has 0 fully saturated rings. The average Bonchev–Trinajstić information content (AvgIpc) is 2.57. The van der Waals surface area contributed by atoms with Gasteiger partial charge < -0.3 is 10.2 Å². The molecule has 2 aromatic carbocycles. The van der Waals surface area contributed by atoms with Crippen molar-refractivity contribution in [1.82, 2.24) is 0 Å². The molecule has 0 heterocycles. The molecule has 2 rings (SSSR count). The lowest BCUT2D eigenvalue weighted by atomic mass is 10.0. The average molecular weight is 350 g/mol. The molecule has 128 valence electrons. The Kier molecular flexibility index (Phi) is 5.25. The van der Waals surface area contributed by atoms with Crippen LogP contribution < -0.4 is 0 Å². The molecule has 0 atom stereocenters. The Morgan fingerprint density at radius 3 is 2.21 bits per heavy atom. The number of azo groups is 2. The summed E-state index contributed by atoms with van der Waals surface area (Å²) in [7, 11) is -1.19. The first kappa shape index (κ1) is 18.0. The van der Waals surface area contributed by atoms with E-state index in [-0.39, 0.29) is 16.3 Å². The van der Waals surface area contributed by atoms with Crippen molar-refractivity contribution >= 4 is 32.0 Å². The highest BCUT2D eigenvalue weighted by molar-refractivity contribution is 7.91. The van der Waals surface area contributed by atoms with E-state index in [1.807, 2.05) is 6.92 Å². The van der Waals surface area contributed by atoms with Gasteiger partial charge in [-0.3, -0.25) is 0 Å². The van der Waals surface area contributed by atoms with Gasteiger partial charge in [0, 0.05) is 24.9 Å². The van der Waals surface area contributed by atoms with Gasteiger partial charge in [0.25, 0.3) is 0 Å². The molecule has 0 radical (unpaired) electrons. The zero-order valence-corrected chi connectivity index (χ0v) is 14.4. The maximum Gasteiger partial charge on any atom is 0.204 e. The molecule has 0 aromatic heterocycles. The Balaban J connectivity index is 3.06. The number of phenols is 1. The fraction of sp³-hybridized carbons (Fsp3) is 0.333. The number of hydrogen-bond donors (Lipinski definition) is 2. The topological polar surface area (TPSA) is 124 Å². The third-order valence-electron chi connectivity index (χ3n) is 3.57. The van der Waals surface area contributed by atoms with Crippen LogP contribution in [0, 0.1) is 0 Å². The molecule has 24 heavy (non-hydrogen) atoms. The second-order valence-electron chi connectivity index (χ2n) is 4.94. The molecule has 0 unspecified atom stereocenters. The van der Waals surface area contributed by atoms with Gasteiger partial charge in [-0.15, -0.1) is 0 Å². The highest BCUT2D eigenvalue weighted by atomic mass is 32.2. The van der Waals surface area contributed by atoms with E-state index in [0.29, 0.717) is 22.9 Å². The maximum absolute atomic E-state index is 12.2. The zero-order valence-electron chi connectivity index (χ0n) is 13.6. The third-order valence-corrected chi connectivity index (χ3v) is 4.90. The van der Waals surface area contributed by atoms with Crippen LogP contribution in [0.25, 0.3) is 10.8 Å². The van der Waals surface area contributed by atoms with E-state index >= 15 is 0 Å². The van der Waals surface area contributed by atoms with Gasteiger partial charge in [0.2, 0.25) is 9.84 Å². The monoisotopic (exact) mass is 350 g/mol. The number of hydrogen-bond acceptors (Lipinski definition) is 8. The van der Waals surface area contributed by atoms with Gasteiger partial charge >= 0.3 is 0 Å². The minimum absolute atomic E-state index is 0.206. The number of aliphatic hydroxyl groups is 1. The number of aromatic hydroxyl groups is 1. The molecular weight excluding hydrogens is 332 g/mol. The van der Waals surface area contributed by atoms with E-state index in [0.717, 1.165) is 5.56 Å². The van der Waals surface area contributed by atoms with Crippen LogP contribution >= 0.6 is 0 Å². The van der Waals surface area contributed by atoms with Crippen LogP contribution in [0.2, 0.25) is 0 Å². The lowest BCUT2D eigenvalue weighted by molar-refractivity contribution is 0.358. The fourth-order valence-electron chi connectivity index (χ4n) is 2.46. The summed E-state index contributed by atoms with van der Waals surface area (Å²) in [6, 6.07) is 4.80. The summed E-state index contributed by atoms with van der Waals surface area (Å²) in [5, 5.41) is 35.6. The molecule has 0 amide bonds. The summed E-state index contributed by atoms with van der Waals surface area (Å²) in [5.74, 6) is -1.44. The first-order valence-corrected chi connectivity index (χ1v) is 8.81. The highest BCUT2D eigenvalue weighted by Gasteiger charge is 2.24. The number of nitrogens with zero attached hydrogens (tertiary/aromatic N) is 4. The van der Waals surface area contributed by atoms with Crippen LogP contribution in [0.4, 0.5) is 11.4 Å². The number of sulfone groups is 1. The predicted octanol–water partition coefficient (Wildman–Crippen LogP) is 3.26. The van der Waals surface area contributed by atoms with Crippen molar-refractivity contribution < 1.29 is 18.6 Å². The van der Waals surface area contributed by atoms with Crippen LogP contribution in [0.5, 0.6) is 5.75 Å². The standard InChI is InChI=1S/C15H18N4O4S/c1-4-9-5-6-10-11(13(9)18-16-2)7-12(24(22,23)8-20)14(15(10)21)19-17-3/h5-7,20-21H,4,8H2,1-3H3. The molecular formula is C15H18N4O4S. The molecule has 0 bridgehead atoms. The van der Waals surface area contributed by atoms with Crippen LogP contribution in [-0.2, 0) is 16.3 Å². The fourth-order valence-corrected chi connectivity index (χ4v) is 3.32. The quantitative estimate of drug-likeness (QED) is 0.803. The second-order valence-corrected chi connectivity index (χ2v) is 6.87. The number of fused-ring (bicyclic) bond motifs is 1. The maximum atomic E-state index is 12.2. The largest absolute Gasteiger partial charge is 0.505 e. The van der Waals surface area contributed by atoms with Crippen molar-refractivity contribution in [2.45, 2.75) is 18.2 Å².